The largest absolute Gasteiger partial charge is 0.756 e. The van der Waals surface area contributed by atoms with Crippen LogP contribution in [-0.2, 0) is 18.4 Å². The maximum absolute atomic E-state index is 12.8. The van der Waals surface area contributed by atoms with Crippen molar-refractivity contribution in [2.24, 2.45) is 0 Å². The number of hydrogen-bond donors (Lipinski definition) is 2. The van der Waals surface area contributed by atoms with Crippen LogP contribution in [0.5, 0.6) is 0 Å². The minimum Gasteiger partial charge on any atom is -0.756 e. The van der Waals surface area contributed by atoms with Gasteiger partial charge in [0.2, 0.25) is 5.91 Å². The van der Waals surface area contributed by atoms with Crippen molar-refractivity contribution in [3.8, 4) is 0 Å². The fraction of sp³-hybridized carbons (Fsp3) is 0.884. The number of carbonyl (C=O) groups excluding carboxylic acids is 1. The van der Waals surface area contributed by atoms with E-state index in [2.05, 4.69) is 31.3 Å². The third-order valence-corrected chi connectivity index (χ3v) is 10.6. The van der Waals surface area contributed by atoms with E-state index in [0.717, 1.165) is 38.5 Å². The van der Waals surface area contributed by atoms with Gasteiger partial charge < -0.3 is 28.8 Å². The number of phosphoric acid groups is 1. The zero-order chi connectivity index (χ0) is 38.6. The van der Waals surface area contributed by atoms with E-state index in [1.165, 1.54) is 135 Å². The zero-order valence-corrected chi connectivity index (χ0v) is 35.7. The van der Waals surface area contributed by atoms with Crippen LogP contribution in [0.3, 0.4) is 0 Å². The standard InChI is InChI=1S/C43H85N2O6P/c1-6-8-10-12-14-16-18-20-21-22-23-25-27-29-31-33-35-37-43(47)44-41(40-51-52(48,49)50-39-38-45(3,4)5)42(46)36-34-32-30-28-26-24-19-17-15-13-11-9-7-2/h20-21,34,36,41-42,46H,6-19,22-33,35,37-40H2,1-5H3,(H-,44,47,48,49)/b21-20+,36-34+/t41-,42+/m0/s1. The van der Waals surface area contributed by atoms with E-state index in [1.807, 2.05) is 27.2 Å². The molecule has 8 nitrogen and oxygen atoms in total. The lowest BCUT2D eigenvalue weighted by atomic mass is 10.0. The van der Waals surface area contributed by atoms with Crippen molar-refractivity contribution in [2.45, 2.75) is 206 Å². The minimum absolute atomic E-state index is 0.000917. The molecule has 0 aliphatic heterocycles. The summed E-state index contributed by atoms with van der Waals surface area (Å²) in [5, 5.41) is 13.7. The number of likely N-dealkylation sites (N-methyl/N-ethyl adjacent to an activating group) is 1. The highest BCUT2D eigenvalue weighted by Crippen LogP contribution is 2.38. The van der Waals surface area contributed by atoms with Crippen LogP contribution in [0.4, 0.5) is 0 Å². The quantitative estimate of drug-likeness (QED) is 0.0280. The Labute approximate surface area is 322 Å². The number of aliphatic hydroxyl groups is 1. The molecule has 308 valence electrons. The van der Waals surface area contributed by atoms with Crippen molar-refractivity contribution in [3.63, 3.8) is 0 Å². The lowest BCUT2D eigenvalue weighted by Gasteiger charge is -2.29. The predicted octanol–water partition coefficient (Wildman–Crippen LogP) is 11.1. The molecule has 0 bridgehead atoms. The number of amides is 1. The van der Waals surface area contributed by atoms with Crippen LogP contribution < -0.4 is 10.2 Å². The van der Waals surface area contributed by atoms with Crippen molar-refractivity contribution in [3.05, 3.63) is 24.3 Å². The van der Waals surface area contributed by atoms with Crippen LogP contribution in [0.1, 0.15) is 194 Å². The Bertz CT molecular complexity index is 907. The van der Waals surface area contributed by atoms with Gasteiger partial charge in [0.25, 0.3) is 7.82 Å². The molecule has 0 spiro atoms. The van der Waals surface area contributed by atoms with Gasteiger partial charge in [-0.15, -0.1) is 0 Å². The summed E-state index contributed by atoms with van der Waals surface area (Å²) in [5.74, 6) is -0.203. The molecule has 52 heavy (non-hydrogen) atoms. The molecule has 0 aliphatic carbocycles. The van der Waals surface area contributed by atoms with Gasteiger partial charge >= 0.3 is 0 Å². The molecular weight excluding hydrogens is 671 g/mol. The highest BCUT2D eigenvalue weighted by molar-refractivity contribution is 7.45. The molecule has 0 saturated carbocycles. The number of allylic oxidation sites excluding steroid dienone is 3. The Morgan fingerprint density at radius 2 is 1.06 bits per heavy atom. The molecule has 0 heterocycles. The molecule has 0 saturated heterocycles. The summed E-state index contributed by atoms with van der Waals surface area (Å²) in [6, 6.07) is -0.884. The molecule has 0 rings (SSSR count). The number of carbonyl (C=O) groups is 1. The first kappa shape index (κ1) is 51.0. The fourth-order valence-corrected chi connectivity index (χ4v) is 6.87. The van der Waals surface area contributed by atoms with Gasteiger partial charge in [-0.1, -0.05) is 167 Å². The lowest BCUT2D eigenvalue weighted by molar-refractivity contribution is -0.870. The van der Waals surface area contributed by atoms with Gasteiger partial charge in [0.05, 0.1) is 39.9 Å². The molecule has 0 fully saturated rings. The SMILES string of the molecule is CCCCCCCC/C=C/CCCCCCCCCC(=O)N[C@@H](COP(=O)([O-])OCC[N+](C)(C)C)[C@H](O)/C=C/CCCCCCCCCCCCC. The van der Waals surface area contributed by atoms with Crippen LogP contribution in [0.15, 0.2) is 24.3 Å². The van der Waals surface area contributed by atoms with Crippen LogP contribution in [0.2, 0.25) is 0 Å². The second-order valence-electron chi connectivity index (χ2n) is 16.0. The molecule has 9 heteroatoms. The molecule has 0 aromatic carbocycles. The summed E-state index contributed by atoms with van der Waals surface area (Å²) in [5.41, 5.74) is 0. The summed E-state index contributed by atoms with van der Waals surface area (Å²) in [4.78, 5) is 25.2. The van der Waals surface area contributed by atoms with Gasteiger partial charge in [-0.05, 0) is 44.9 Å². The molecular formula is C43H85N2O6P. The van der Waals surface area contributed by atoms with Crippen LogP contribution >= 0.6 is 7.82 Å². The summed E-state index contributed by atoms with van der Waals surface area (Å²) < 4.78 is 23.2. The van der Waals surface area contributed by atoms with Crippen LogP contribution in [-0.4, -0.2) is 68.5 Å². The lowest BCUT2D eigenvalue weighted by Crippen LogP contribution is -2.45. The molecule has 3 atom stereocenters. The molecule has 1 unspecified atom stereocenters. The molecule has 0 radical (unpaired) electrons. The first-order chi connectivity index (χ1) is 25.0. The number of quaternary nitrogens is 1. The molecule has 0 aromatic rings. The Morgan fingerprint density at radius 3 is 1.50 bits per heavy atom. The first-order valence-corrected chi connectivity index (χ1v) is 23.2. The summed E-state index contributed by atoms with van der Waals surface area (Å²) in [6.45, 7) is 4.63. The zero-order valence-electron chi connectivity index (χ0n) is 34.8. The van der Waals surface area contributed by atoms with Gasteiger partial charge in [0.1, 0.15) is 13.2 Å². The smallest absolute Gasteiger partial charge is 0.268 e. The Hall–Kier alpha value is -1.02. The number of nitrogens with zero attached hydrogens (tertiary/aromatic N) is 1. The van der Waals surface area contributed by atoms with E-state index < -0.39 is 20.0 Å². The summed E-state index contributed by atoms with van der Waals surface area (Å²) in [6.07, 6.45) is 40.7. The van der Waals surface area contributed by atoms with Crippen molar-refractivity contribution in [1.29, 1.82) is 0 Å². The molecule has 1 amide bonds. The second-order valence-corrected chi connectivity index (χ2v) is 17.5. The third kappa shape index (κ3) is 37.3. The number of unbranched alkanes of at least 4 members (excludes halogenated alkanes) is 24. The summed E-state index contributed by atoms with van der Waals surface area (Å²) in [7, 11) is 1.26. The van der Waals surface area contributed by atoms with Crippen molar-refractivity contribution in [1.82, 2.24) is 5.32 Å². The van der Waals surface area contributed by atoms with Gasteiger partial charge in [-0.3, -0.25) is 9.36 Å². The van der Waals surface area contributed by atoms with E-state index in [4.69, 9.17) is 9.05 Å². The fourth-order valence-electron chi connectivity index (χ4n) is 6.15. The van der Waals surface area contributed by atoms with Crippen LogP contribution in [0.25, 0.3) is 0 Å². The predicted molar refractivity (Wildman–Crippen MR) is 219 cm³/mol. The molecule has 0 aliphatic rings. The molecule has 2 N–H and O–H groups in total. The van der Waals surface area contributed by atoms with Crippen LogP contribution in [0, 0.1) is 0 Å². The van der Waals surface area contributed by atoms with E-state index in [0.29, 0.717) is 17.4 Å². The van der Waals surface area contributed by atoms with Gasteiger partial charge in [0.15, 0.2) is 0 Å². The van der Waals surface area contributed by atoms with E-state index in [9.17, 15) is 19.4 Å². The van der Waals surface area contributed by atoms with E-state index in [-0.39, 0.29) is 19.1 Å². The Balaban J connectivity index is 4.43. The average molecular weight is 757 g/mol. The van der Waals surface area contributed by atoms with Gasteiger partial charge in [0, 0.05) is 6.42 Å². The second kappa shape index (κ2) is 35.7. The maximum Gasteiger partial charge on any atom is 0.268 e. The number of nitrogens with one attached hydrogen (secondary N) is 1. The minimum atomic E-state index is -4.58. The number of phosphoric ester groups is 1. The van der Waals surface area contributed by atoms with Crippen molar-refractivity contribution in [2.75, 3.05) is 40.9 Å². The molecule has 0 aromatic heterocycles. The van der Waals surface area contributed by atoms with Crippen molar-refractivity contribution < 1.29 is 32.9 Å². The third-order valence-electron chi connectivity index (χ3n) is 9.66. The van der Waals surface area contributed by atoms with E-state index in [1.54, 1.807) is 6.08 Å². The first-order valence-electron chi connectivity index (χ1n) is 21.7. The highest BCUT2D eigenvalue weighted by atomic mass is 31.2. The van der Waals surface area contributed by atoms with Gasteiger partial charge in [-0.25, -0.2) is 0 Å². The number of aliphatic hydroxyl groups excluding tert-OH is 1. The number of hydrogen-bond acceptors (Lipinski definition) is 6. The van der Waals surface area contributed by atoms with E-state index >= 15 is 0 Å². The normalized spacial score (nSPS) is 14.7. The average Bonchev–Trinajstić information content (AvgIpc) is 3.09. The van der Waals surface area contributed by atoms with Gasteiger partial charge in [-0.2, -0.15) is 0 Å². The Kier molecular flexibility index (Phi) is 35.0. The highest BCUT2D eigenvalue weighted by Gasteiger charge is 2.23. The topological polar surface area (TPSA) is 108 Å². The van der Waals surface area contributed by atoms with Crippen molar-refractivity contribution >= 4 is 13.7 Å². The Morgan fingerprint density at radius 1 is 0.654 bits per heavy atom. The monoisotopic (exact) mass is 757 g/mol. The summed E-state index contributed by atoms with van der Waals surface area (Å²) >= 11 is 0. The maximum atomic E-state index is 12.8. The number of rotatable bonds is 39.